The summed E-state index contributed by atoms with van der Waals surface area (Å²) in [5, 5.41) is -1.86. The highest BCUT2D eigenvalue weighted by molar-refractivity contribution is 6.72. The van der Waals surface area contributed by atoms with Gasteiger partial charge in [0, 0.05) is 56.3 Å². The Labute approximate surface area is 214 Å². The molecule has 10 heteroatoms. The fourth-order valence-electron chi connectivity index (χ4n) is 2.62. The fraction of sp³-hybridized carbons (Fsp3) is 0.292. The zero-order valence-corrected chi connectivity index (χ0v) is 20.8. The number of hydrogen-bond acceptors (Lipinski definition) is 7. The van der Waals surface area contributed by atoms with Gasteiger partial charge in [-0.2, -0.15) is 0 Å². The third-order valence-electron chi connectivity index (χ3n) is 4.33. The maximum absolute atomic E-state index is 11.4. The second-order valence-corrected chi connectivity index (χ2v) is 8.44. The molecule has 2 aromatic rings. The van der Waals surface area contributed by atoms with Crippen LogP contribution in [0.25, 0.3) is 0 Å². The Kier molecular flexibility index (Phi) is 13.3. The van der Waals surface area contributed by atoms with E-state index in [1.54, 1.807) is 24.3 Å². The van der Waals surface area contributed by atoms with E-state index in [4.69, 9.17) is 34.8 Å². The van der Waals surface area contributed by atoms with Crippen molar-refractivity contribution in [1.82, 2.24) is 0 Å². The predicted octanol–water partition coefficient (Wildman–Crippen LogP) is 5.20. The van der Waals surface area contributed by atoms with Crippen LogP contribution in [-0.4, -0.2) is 55.5 Å². The van der Waals surface area contributed by atoms with Crippen LogP contribution in [0.5, 0.6) is 0 Å². The Morgan fingerprint density at radius 1 is 0.735 bits per heavy atom. The van der Waals surface area contributed by atoms with Gasteiger partial charge in [0.15, 0.2) is 11.6 Å². The van der Waals surface area contributed by atoms with E-state index in [0.717, 1.165) is 11.4 Å². The minimum Gasteiger partial charge on any atom is -0.378 e. The van der Waals surface area contributed by atoms with Crippen LogP contribution in [-0.2, 0) is 9.59 Å². The summed E-state index contributed by atoms with van der Waals surface area (Å²) < 4.78 is 0. The van der Waals surface area contributed by atoms with Crippen LogP contribution >= 0.6 is 34.8 Å². The molecule has 0 unspecified atom stereocenters. The highest BCUT2D eigenvalue weighted by Gasteiger charge is 2.27. The van der Waals surface area contributed by atoms with E-state index in [1.165, 1.54) is 0 Å². The molecule has 3 rings (SSSR count). The molecule has 0 saturated carbocycles. The first-order valence-electron chi connectivity index (χ1n) is 9.55. The molecule has 0 aliphatic heterocycles. The van der Waals surface area contributed by atoms with Gasteiger partial charge in [-0.1, -0.05) is 7.43 Å². The topological polar surface area (TPSA) is 91.8 Å². The molecule has 0 heterocycles. The number of carbonyl (C=O) groups is 5. The highest BCUT2D eigenvalue weighted by Crippen LogP contribution is 2.25. The van der Waals surface area contributed by atoms with Crippen LogP contribution in [0, 0.1) is 0 Å². The lowest BCUT2D eigenvalue weighted by Gasteiger charge is -2.12. The van der Waals surface area contributed by atoms with Gasteiger partial charge in [0.1, 0.15) is 0 Å². The van der Waals surface area contributed by atoms with E-state index < -0.39 is 15.7 Å². The molecule has 0 spiro atoms. The first-order chi connectivity index (χ1) is 15.3. The maximum Gasteiger partial charge on any atom is 0.252 e. The standard InChI is InChI=1S/C11H11NO2.C9H10ClNO.C3H2Cl2O2.CH4/c1-12(2)7-3-4-8-9(5-7)11(14)6-10(8)13;1-11(2)8-5-3-7(4-6-8)9(10)12;4-2(6)1-3(5)7;/h3-5H,6H2,1-2H3;3-6H,1-2H3;1H2;1H4. The largest absolute Gasteiger partial charge is 0.378 e. The second kappa shape index (κ2) is 14.5. The van der Waals surface area contributed by atoms with Crippen molar-refractivity contribution < 1.29 is 24.0 Å². The minimum absolute atomic E-state index is 0. The van der Waals surface area contributed by atoms with Crippen LogP contribution in [0.15, 0.2) is 42.5 Å². The van der Waals surface area contributed by atoms with Crippen molar-refractivity contribution in [3.05, 3.63) is 59.2 Å². The Morgan fingerprint density at radius 2 is 1.18 bits per heavy atom. The van der Waals surface area contributed by atoms with Crippen LogP contribution in [0.3, 0.4) is 0 Å². The number of Topliss-reactive ketones (excluding diaryl/α,β-unsaturated/α-hetero) is 2. The smallest absolute Gasteiger partial charge is 0.252 e. The van der Waals surface area contributed by atoms with Gasteiger partial charge in [-0.25, -0.2) is 0 Å². The summed E-state index contributed by atoms with van der Waals surface area (Å²) in [5.41, 5.74) is 3.67. The molecule has 0 amide bonds. The lowest BCUT2D eigenvalue weighted by atomic mass is 10.1. The molecule has 7 nitrogen and oxygen atoms in total. The first-order valence-corrected chi connectivity index (χ1v) is 10.7. The number of anilines is 2. The molecule has 0 N–H and O–H groups in total. The minimum atomic E-state index is -0.722. The van der Waals surface area contributed by atoms with Crippen molar-refractivity contribution in [2.24, 2.45) is 0 Å². The predicted molar refractivity (Wildman–Crippen MR) is 138 cm³/mol. The van der Waals surface area contributed by atoms with E-state index in [-0.39, 0.29) is 31.8 Å². The van der Waals surface area contributed by atoms with Gasteiger partial charge in [0.2, 0.25) is 10.5 Å². The monoisotopic (exact) mass is 528 g/mol. The SMILES string of the molecule is C.CN(C)c1ccc(C(=O)Cl)cc1.CN(C)c1ccc2c(c1)C(=O)CC2=O.O=C(Cl)CC(=O)Cl. The molecular formula is C24H27Cl3N2O5. The Balaban J connectivity index is 0.000000501. The number of benzene rings is 2. The van der Waals surface area contributed by atoms with E-state index in [0.29, 0.717) is 16.7 Å². The average molecular weight is 530 g/mol. The molecule has 0 fully saturated rings. The summed E-state index contributed by atoms with van der Waals surface area (Å²) in [6.07, 6.45) is -0.352. The van der Waals surface area contributed by atoms with Gasteiger partial charge in [0.25, 0.3) is 5.24 Å². The van der Waals surface area contributed by atoms with Crippen LogP contribution in [0.4, 0.5) is 11.4 Å². The maximum atomic E-state index is 11.4. The first kappa shape index (κ1) is 31.3. The van der Waals surface area contributed by atoms with Gasteiger partial charge in [-0.15, -0.1) is 0 Å². The van der Waals surface area contributed by atoms with E-state index >= 15 is 0 Å². The molecule has 1 aliphatic rings. The summed E-state index contributed by atoms with van der Waals surface area (Å²) in [7, 11) is 7.70. The quantitative estimate of drug-likeness (QED) is 0.388. The molecule has 0 radical (unpaired) electrons. The van der Waals surface area contributed by atoms with E-state index in [1.807, 2.05) is 56.2 Å². The van der Waals surface area contributed by atoms with E-state index in [9.17, 15) is 24.0 Å². The summed E-state index contributed by atoms with van der Waals surface area (Å²) >= 11 is 14.7. The molecule has 2 aromatic carbocycles. The number of rotatable bonds is 5. The highest BCUT2D eigenvalue weighted by atomic mass is 35.5. The van der Waals surface area contributed by atoms with Gasteiger partial charge in [0.05, 0.1) is 12.8 Å². The summed E-state index contributed by atoms with van der Waals surface area (Å²) in [6.45, 7) is 0. The molecule has 1 aliphatic carbocycles. The van der Waals surface area contributed by atoms with Gasteiger partial charge in [-0.3, -0.25) is 24.0 Å². The zero-order chi connectivity index (χ0) is 25.3. The number of nitrogens with zero attached hydrogens (tertiary/aromatic N) is 2. The van der Waals surface area contributed by atoms with Gasteiger partial charge in [-0.05, 0) is 77.3 Å². The molecule has 0 saturated heterocycles. The summed E-state index contributed by atoms with van der Waals surface area (Å²) in [6, 6.07) is 12.5. The third kappa shape index (κ3) is 10.0. The molecule has 184 valence electrons. The van der Waals surface area contributed by atoms with Crippen molar-refractivity contribution in [1.29, 1.82) is 0 Å². The van der Waals surface area contributed by atoms with Gasteiger partial charge >= 0.3 is 0 Å². The van der Waals surface area contributed by atoms with Crippen molar-refractivity contribution in [3.8, 4) is 0 Å². The van der Waals surface area contributed by atoms with Gasteiger partial charge < -0.3 is 9.80 Å². The van der Waals surface area contributed by atoms with Crippen LogP contribution < -0.4 is 9.80 Å². The third-order valence-corrected chi connectivity index (χ3v) is 4.82. The average Bonchev–Trinajstić information content (AvgIpc) is 3.01. The molecule has 0 bridgehead atoms. The second-order valence-electron chi connectivity index (χ2n) is 7.25. The fourth-order valence-corrected chi connectivity index (χ4v) is 3.06. The van der Waals surface area contributed by atoms with E-state index in [2.05, 4.69) is 0 Å². The lowest BCUT2D eigenvalue weighted by Crippen LogP contribution is -2.09. The number of fused-ring (bicyclic) bond motifs is 1. The van der Waals surface area contributed by atoms with Crippen molar-refractivity contribution >= 4 is 73.5 Å². The van der Waals surface area contributed by atoms with Crippen molar-refractivity contribution in [2.45, 2.75) is 20.3 Å². The normalized spacial score (nSPS) is 11.0. The molecule has 0 atom stereocenters. The number of ketones is 2. The summed E-state index contributed by atoms with van der Waals surface area (Å²) in [4.78, 5) is 56.7. The van der Waals surface area contributed by atoms with Crippen molar-refractivity contribution in [3.63, 3.8) is 0 Å². The number of halogens is 3. The molecule has 34 heavy (non-hydrogen) atoms. The Bertz CT molecular complexity index is 1040. The summed E-state index contributed by atoms with van der Waals surface area (Å²) in [5.74, 6) is -0.121. The number of carbonyl (C=O) groups excluding carboxylic acids is 5. The van der Waals surface area contributed by atoms with Crippen LogP contribution in [0.1, 0.15) is 51.3 Å². The molecular weight excluding hydrogens is 503 g/mol. The zero-order valence-electron chi connectivity index (χ0n) is 18.5. The molecule has 0 aromatic heterocycles. The van der Waals surface area contributed by atoms with Crippen LogP contribution in [0.2, 0.25) is 0 Å². The number of hydrogen-bond donors (Lipinski definition) is 0. The Hall–Kier alpha value is -2.74. The lowest BCUT2D eigenvalue weighted by molar-refractivity contribution is -0.118. The Morgan fingerprint density at radius 3 is 1.56 bits per heavy atom. The van der Waals surface area contributed by atoms with Crippen molar-refractivity contribution in [2.75, 3.05) is 38.0 Å².